The third-order valence-electron chi connectivity index (χ3n) is 3.10. The monoisotopic (exact) mass is 261 g/mol. The predicted molar refractivity (Wildman–Crippen MR) is 75.9 cm³/mol. The molecule has 0 aliphatic rings. The molecule has 5 nitrogen and oxygen atoms in total. The Bertz CT molecular complexity index is 497. The fourth-order valence-electron chi connectivity index (χ4n) is 2.13. The molecule has 2 aromatic heterocycles. The molecule has 2 aromatic rings. The van der Waals surface area contributed by atoms with Gasteiger partial charge >= 0.3 is 0 Å². The molecule has 19 heavy (non-hydrogen) atoms. The zero-order valence-corrected chi connectivity index (χ0v) is 12.0. The highest BCUT2D eigenvalue weighted by molar-refractivity contribution is 5.08. The molecular weight excluding hydrogens is 238 g/mol. The molecule has 0 amide bonds. The number of rotatable bonds is 7. The van der Waals surface area contributed by atoms with Crippen molar-refractivity contribution in [1.82, 2.24) is 24.6 Å². The Morgan fingerprint density at radius 1 is 1.37 bits per heavy atom. The lowest BCUT2D eigenvalue weighted by Gasteiger charge is -2.12. The molecule has 2 rings (SSSR count). The SMILES string of the molecule is CCCNCc1cccn1Cc1ncnn1C(C)C. The van der Waals surface area contributed by atoms with E-state index in [1.807, 2.05) is 4.68 Å². The summed E-state index contributed by atoms with van der Waals surface area (Å²) >= 11 is 0. The number of nitrogens with zero attached hydrogens (tertiary/aromatic N) is 4. The summed E-state index contributed by atoms with van der Waals surface area (Å²) < 4.78 is 4.20. The van der Waals surface area contributed by atoms with E-state index >= 15 is 0 Å². The molecule has 0 saturated heterocycles. The summed E-state index contributed by atoms with van der Waals surface area (Å²) in [4.78, 5) is 4.36. The van der Waals surface area contributed by atoms with Crippen LogP contribution in [0.5, 0.6) is 0 Å². The molecule has 2 heterocycles. The lowest BCUT2D eigenvalue weighted by molar-refractivity contribution is 0.492. The molecule has 0 aliphatic heterocycles. The summed E-state index contributed by atoms with van der Waals surface area (Å²) in [7, 11) is 0. The molecule has 0 fully saturated rings. The Labute approximate surface area is 114 Å². The van der Waals surface area contributed by atoms with E-state index in [1.165, 1.54) is 5.69 Å². The van der Waals surface area contributed by atoms with Gasteiger partial charge in [0.15, 0.2) is 0 Å². The van der Waals surface area contributed by atoms with Crippen molar-refractivity contribution in [2.75, 3.05) is 6.54 Å². The highest BCUT2D eigenvalue weighted by atomic mass is 15.4. The minimum Gasteiger partial charge on any atom is -0.343 e. The Hall–Kier alpha value is -1.62. The van der Waals surface area contributed by atoms with Gasteiger partial charge in [-0.1, -0.05) is 6.92 Å². The highest BCUT2D eigenvalue weighted by Crippen LogP contribution is 2.09. The molecule has 5 heteroatoms. The molecule has 0 aromatic carbocycles. The summed E-state index contributed by atoms with van der Waals surface area (Å²) in [6.07, 6.45) is 4.89. The van der Waals surface area contributed by atoms with E-state index in [0.29, 0.717) is 6.04 Å². The van der Waals surface area contributed by atoms with Gasteiger partial charge in [-0.05, 0) is 38.9 Å². The largest absolute Gasteiger partial charge is 0.343 e. The second-order valence-electron chi connectivity index (χ2n) is 5.02. The molecule has 0 unspecified atom stereocenters. The van der Waals surface area contributed by atoms with Crippen molar-refractivity contribution in [3.8, 4) is 0 Å². The van der Waals surface area contributed by atoms with Gasteiger partial charge in [0.1, 0.15) is 12.2 Å². The van der Waals surface area contributed by atoms with Crippen LogP contribution in [0.2, 0.25) is 0 Å². The van der Waals surface area contributed by atoms with E-state index < -0.39 is 0 Å². The van der Waals surface area contributed by atoms with E-state index in [-0.39, 0.29) is 0 Å². The molecule has 104 valence electrons. The third kappa shape index (κ3) is 3.44. The number of hydrogen-bond donors (Lipinski definition) is 1. The van der Waals surface area contributed by atoms with Crippen LogP contribution in [0.25, 0.3) is 0 Å². The van der Waals surface area contributed by atoms with Crippen LogP contribution in [0.4, 0.5) is 0 Å². The summed E-state index contributed by atoms with van der Waals surface area (Å²) in [5, 5.41) is 7.71. The lowest BCUT2D eigenvalue weighted by Crippen LogP contribution is -2.18. The summed E-state index contributed by atoms with van der Waals surface area (Å²) in [6.45, 7) is 9.14. The standard InChI is InChI=1S/C14H23N5/c1-4-7-15-9-13-6-5-8-18(13)10-14-16-11-17-19(14)12(2)3/h5-6,8,11-12,15H,4,7,9-10H2,1-3H3. The number of nitrogens with one attached hydrogen (secondary N) is 1. The van der Waals surface area contributed by atoms with Gasteiger partial charge in [-0.2, -0.15) is 5.10 Å². The minimum atomic E-state index is 0.342. The van der Waals surface area contributed by atoms with Gasteiger partial charge in [0.2, 0.25) is 0 Å². The van der Waals surface area contributed by atoms with E-state index in [1.54, 1.807) is 6.33 Å². The molecule has 1 N–H and O–H groups in total. The fourth-order valence-corrected chi connectivity index (χ4v) is 2.13. The smallest absolute Gasteiger partial charge is 0.147 e. The zero-order chi connectivity index (χ0) is 13.7. The average Bonchev–Trinajstić information content (AvgIpc) is 3.00. The van der Waals surface area contributed by atoms with Gasteiger partial charge in [0, 0.05) is 24.5 Å². The molecule has 0 spiro atoms. The second kappa shape index (κ2) is 6.52. The molecular formula is C14H23N5. The van der Waals surface area contributed by atoms with Crippen LogP contribution in [-0.2, 0) is 13.1 Å². The average molecular weight is 261 g/mol. The molecule has 0 radical (unpaired) electrons. The van der Waals surface area contributed by atoms with Crippen molar-refractivity contribution in [3.05, 3.63) is 36.2 Å². The Kier molecular flexibility index (Phi) is 4.74. The first kappa shape index (κ1) is 13.8. The van der Waals surface area contributed by atoms with Crippen LogP contribution in [-0.4, -0.2) is 25.9 Å². The molecule has 0 atom stereocenters. The van der Waals surface area contributed by atoms with Crippen LogP contribution < -0.4 is 5.32 Å². The summed E-state index contributed by atoms with van der Waals surface area (Å²) in [5.41, 5.74) is 1.28. The quantitative estimate of drug-likeness (QED) is 0.777. The van der Waals surface area contributed by atoms with Crippen molar-refractivity contribution in [1.29, 1.82) is 0 Å². The maximum Gasteiger partial charge on any atom is 0.147 e. The lowest BCUT2D eigenvalue weighted by atomic mass is 10.3. The van der Waals surface area contributed by atoms with E-state index in [4.69, 9.17) is 0 Å². The highest BCUT2D eigenvalue weighted by Gasteiger charge is 2.09. The minimum absolute atomic E-state index is 0.342. The Balaban J connectivity index is 2.06. The van der Waals surface area contributed by atoms with Gasteiger partial charge < -0.3 is 9.88 Å². The van der Waals surface area contributed by atoms with Crippen molar-refractivity contribution in [2.45, 2.75) is 46.3 Å². The van der Waals surface area contributed by atoms with Gasteiger partial charge in [0.05, 0.1) is 6.54 Å². The van der Waals surface area contributed by atoms with Gasteiger partial charge in [-0.25, -0.2) is 9.67 Å². The number of aromatic nitrogens is 4. The molecule has 0 aliphatic carbocycles. The van der Waals surface area contributed by atoms with Crippen LogP contribution in [0.15, 0.2) is 24.7 Å². The predicted octanol–water partition coefficient (Wildman–Crippen LogP) is 2.21. The topological polar surface area (TPSA) is 47.7 Å². The first-order valence-electron chi connectivity index (χ1n) is 6.95. The Morgan fingerprint density at radius 2 is 2.21 bits per heavy atom. The first-order chi connectivity index (χ1) is 9.22. The van der Waals surface area contributed by atoms with Crippen LogP contribution in [0.1, 0.15) is 44.8 Å². The summed E-state index contributed by atoms with van der Waals surface area (Å²) in [5.74, 6) is 1.00. The zero-order valence-electron chi connectivity index (χ0n) is 12.0. The third-order valence-corrected chi connectivity index (χ3v) is 3.10. The van der Waals surface area contributed by atoms with E-state index in [0.717, 1.165) is 31.9 Å². The normalized spacial score (nSPS) is 11.4. The van der Waals surface area contributed by atoms with Crippen LogP contribution in [0, 0.1) is 0 Å². The summed E-state index contributed by atoms with van der Waals surface area (Å²) in [6, 6.07) is 4.58. The van der Waals surface area contributed by atoms with Crippen molar-refractivity contribution in [2.24, 2.45) is 0 Å². The number of hydrogen-bond acceptors (Lipinski definition) is 3. The van der Waals surface area contributed by atoms with Gasteiger partial charge in [-0.15, -0.1) is 0 Å². The van der Waals surface area contributed by atoms with Crippen molar-refractivity contribution < 1.29 is 0 Å². The maximum atomic E-state index is 4.36. The van der Waals surface area contributed by atoms with Gasteiger partial charge in [0.25, 0.3) is 0 Å². The maximum absolute atomic E-state index is 4.36. The molecule has 0 bridgehead atoms. The van der Waals surface area contributed by atoms with Crippen molar-refractivity contribution >= 4 is 0 Å². The fraction of sp³-hybridized carbons (Fsp3) is 0.571. The van der Waals surface area contributed by atoms with Crippen LogP contribution in [0.3, 0.4) is 0 Å². The van der Waals surface area contributed by atoms with E-state index in [9.17, 15) is 0 Å². The second-order valence-corrected chi connectivity index (χ2v) is 5.02. The van der Waals surface area contributed by atoms with Gasteiger partial charge in [-0.3, -0.25) is 0 Å². The van der Waals surface area contributed by atoms with Crippen molar-refractivity contribution in [3.63, 3.8) is 0 Å². The van der Waals surface area contributed by atoms with E-state index in [2.05, 4.69) is 59.1 Å². The Morgan fingerprint density at radius 3 is 2.95 bits per heavy atom. The van der Waals surface area contributed by atoms with Crippen LogP contribution >= 0.6 is 0 Å². The molecule has 0 saturated carbocycles. The first-order valence-corrected chi connectivity index (χ1v) is 6.95.